The van der Waals surface area contributed by atoms with Crippen LogP contribution in [0, 0.1) is 5.92 Å². The molecule has 2 unspecified atom stereocenters. The van der Waals surface area contributed by atoms with Gasteiger partial charge in [0.25, 0.3) is 0 Å². The summed E-state index contributed by atoms with van der Waals surface area (Å²) in [4.78, 5) is 9.29. The lowest BCUT2D eigenvalue weighted by atomic mass is 9.96. The molecule has 0 aromatic rings. The summed E-state index contributed by atoms with van der Waals surface area (Å²) >= 11 is 0. The Balaban J connectivity index is 2.28. The minimum Gasteiger partial charge on any atom is -0.324 e. The molecule has 0 aromatic heterocycles. The molecule has 0 radical (unpaired) electrons. The monoisotopic (exact) mass is 216 g/mol. The summed E-state index contributed by atoms with van der Waals surface area (Å²) in [5, 5.41) is 0. The van der Waals surface area contributed by atoms with Crippen molar-refractivity contribution < 1.29 is 14.0 Å². The molecule has 1 aliphatic rings. The Morgan fingerprint density at radius 2 is 2.43 bits per heavy atom. The van der Waals surface area contributed by atoms with Crippen molar-refractivity contribution in [3.8, 4) is 0 Å². The molecule has 0 heterocycles. The number of allylic oxidation sites excluding steroid dienone is 3. The van der Waals surface area contributed by atoms with Crippen LogP contribution in [0.2, 0.25) is 0 Å². The van der Waals surface area contributed by atoms with Gasteiger partial charge in [0.1, 0.15) is 0 Å². The fourth-order valence-electron chi connectivity index (χ4n) is 1.45. The second-order valence-corrected chi connectivity index (χ2v) is 5.45. The Bertz CT molecular complexity index is 260. The van der Waals surface area contributed by atoms with Gasteiger partial charge in [-0.05, 0) is 25.2 Å². The van der Waals surface area contributed by atoms with Crippen LogP contribution >= 0.6 is 7.60 Å². The highest BCUT2D eigenvalue weighted by Gasteiger charge is 2.19. The highest BCUT2D eigenvalue weighted by Crippen LogP contribution is 2.42. The molecule has 0 saturated carbocycles. The Labute approximate surface area is 85.0 Å². The summed E-state index contributed by atoms with van der Waals surface area (Å²) in [6, 6.07) is 0. The van der Waals surface area contributed by atoms with E-state index in [2.05, 4.69) is 18.7 Å². The minimum absolute atomic E-state index is 0.0373. The quantitative estimate of drug-likeness (QED) is 0.567. The lowest BCUT2D eigenvalue weighted by Crippen LogP contribution is -2.10. The molecule has 14 heavy (non-hydrogen) atoms. The van der Waals surface area contributed by atoms with E-state index < -0.39 is 7.60 Å². The molecule has 0 amide bonds. The first kappa shape index (κ1) is 11.7. The number of hydrogen-bond acceptors (Lipinski definition) is 2. The summed E-state index contributed by atoms with van der Waals surface area (Å²) in [6.07, 6.45) is 8.74. The lowest BCUT2D eigenvalue weighted by Gasteiger charge is -2.19. The largest absolute Gasteiger partial charge is 0.331 e. The zero-order chi connectivity index (χ0) is 10.4. The molecule has 1 rings (SSSR count). The van der Waals surface area contributed by atoms with E-state index in [-0.39, 0.29) is 6.16 Å². The molecule has 2 atom stereocenters. The first-order valence-corrected chi connectivity index (χ1v) is 6.62. The smallest absolute Gasteiger partial charge is 0.324 e. The van der Waals surface area contributed by atoms with Crippen LogP contribution in [0.1, 0.15) is 19.3 Å². The molecule has 0 aromatic carbocycles. The van der Waals surface area contributed by atoms with E-state index in [1.54, 1.807) is 0 Å². The van der Waals surface area contributed by atoms with Gasteiger partial charge in [-0.1, -0.05) is 18.2 Å². The third-order valence-corrected chi connectivity index (χ3v) is 3.52. The molecule has 0 aliphatic heterocycles. The standard InChI is InChI=1S/C10H17O3P/c1-2-8-14(11,12)13-9-10-6-4-3-5-7-10/h2-4,10H,1,5-9H2,(H,11,12). The zero-order valence-electron chi connectivity index (χ0n) is 8.26. The van der Waals surface area contributed by atoms with Gasteiger partial charge in [-0.2, -0.15) is 0 Å². The Morgan fingerprint density at radius 1 is 1.64 bits per heavy atom. The van der Waals surface area contributed by atoms with Crippen molar-refractivity contribution in [3.05, 3.63) is 24.8 Å². The van der Waals surface area contributed by atoms with Crippen LogP contribution in [0.15, 0.2) is 24.8 Å². The summed E-state index contributed by atoms with van der Waals surface area (Å²) in [7, 11) is -3.40. The van der Waals surface area contributed by atoms with Crippen LogP contribution in [0.25, 0.3) is 0 Å². The summed E-state index contributed by atoms with van der Waals surface area (Å²) in [5.41, 5.74) is 0. The number of rotatable bonds is 5. The second-order valence-electron chi connectivity index (χ2n) is 3.55. The van der Waals surface area contributed by atoms with E-state index in [0.29, 0.717) is 12.5 Å². The van der Waals surface area contributed by atoms with Gasteiger partial charge >= 0.3 is 7.60 Å². The van der Waals surface area contributed by atoms with Crippen molar-refractivity contribution in [1.29, 1.82) is 0 Å². The Kier molecular flexibility index (Phi) is 4.59. The van der Waals surface area contributed by atoms with E-state index >= 15 is 0 Å². The Morgan fingerprint density at radius 3 is 3.00 bits per heavy atom. The molecule has 0 fully saturated rings. The van der Waals surface area contributed by atoms with E-state index in [1.165, 1.54) is 6.08 Å². The molecule has 4 heteroatoms. The average molecular weight is 216 g/mol. The molecule has 0 bridgehead atoms. The predicted octanol–water partition coefficient (Wildman–Crippen LogP) is 2.73. The van der Waals surface area contributed by atoms with Crippen LogP contribution in [0.3, 0.4) is 0 Å². The van der Waals surface area contributed by atoms with Gasteiger partial charge in [0.15, 0.2) is 0 Å². The van der Waals surface area contributed by atoms with Crippen molar-refractivity contribution in [3.63, 3.8) is 0 Å². The van der Waals surface area contributed by atoms with Crippen molar-refractivity contribution in [2.24, 2.45) is 5.92 Å². The molecular weight excluding hydrogens is 199 g/mol. The fraction of sp³-hybridized carbons (Fsp3) is 0.600. The highest BCUT2D eigenvalue weighted by atomic mass is 31.2. The highest BCUT2D eigenvalue weighted by molar-refractivity contribution is 7.53. The predicted molar refractivity (Wildman–Crippen MR) is 57.3 cm³/mol. The normalized spacial score (nSPS) is 25.6. The van der Waals surface area contributed by atoms with E-state index in [4.69, 9.17) is 4.52 Å². The molecule has 80 valence electrons. The second kappa shape index (κ2) is 5.50. The molecule has 3 nitrogen and oxygen atoms in total. The van der Waals surface area contributed by atoms with Gasteiger partial charge in [-0.25, -0.2) is 0 Å². The van der Waals surface area contributed by atoms with Gasteiger partial charge in [0.2, 0.25) is 0 Å². The Hall–Kier alpha value is -0.370. The van der Waals surface area contributed by atoms with Gasteiger partial charge < -0.3 is 9.42 Å². The topological polar surface area (TPSA) is 46.5 Å². The zero-order valence-corrected chi connectivity index (χ0v) is 9.16. The SMILES string of the molecule is C=CCP(=O)(O)OCC1CC=CCC1. The van der Waals surface area contributed by atoms with Crippen LogP contribution in [0.4, 0.5) is 0 Å². The van der Waals surface area contributed by atoms with Crippen molar-refractivity contribution in [2.45, 2.75) is 19.3 Å². The van der Waals surface area contributed by atoms with Crippen molar-refractivity contribution in [1.82, 2.24) is 0 Å². The van der Waals surface area contributed by atoms with E-state index in [1.807, 2.05) is 0 Å². The van der Waals surface area contributed by atoms with E-state index in [9.17, 15) is 9.46 Å². The van der Waals surface area contributed by atoms with Crippen molar-refractivity contribution >= 4 is 7.60 Å². The molecular formula is C10H17O3P. The summed E-state index contributed by atoms with van der Waals surface area (Å²) < 4.78 is 16.3. The maximum Gasteiger partial charge on any atom is 0.331 e. The number of hydrogen-bond donors (Lipinski definition) is 1. The minimum atomic E-state index is -3.40. The van der Waals surface area contributed by atoms with Gasteiger partial charge in [-0.3, -0.25) is 4.57 Å². The summed E-state index contributed by atoms with van der Waals surface area (Å²) in [5.74, 6) is 0.394. The van der Waals surface area contributed by atoms with Crippen LogP contribution in [0.5, 0.6) is 0 Å². The molecule has 1 aliphatic carbocycles. The van der Waals surface area contributed by atoms with E-state index in [0.717, 1.165) is 19.3 Å². The van der Waals surface area contributed by atoms with Gasteiger partial charge in [-0.15, -0.1) is 6.58 Å². The fourth-order valence-corrected chi connectivity index (χ4v) is 2.32. The molecule has 1 N–H and O–H groups in total. The van der Waals surface area contributed by atoms with Gasteiger partial charge in [0, 0.05) is 0 Å². The lowest BCUT2D eigenvalue weighted by molar-refractivity contribution is 0.209. The van der Waals surface area contributed by atoms with Crippen LogP contribution < -0.4 is 0 Å². The maximum absolute atomic E-state index is 11.3. The van der Waals surface area contributed by atoms with Crippen LogP contribution in [-0.4, -0.2) is 17.7 Å². The van der Waals surface area contributed by atoms with Crippen LogP contribution in [-0.2, 0) is 9.09 Å². The molecule has 0 spiro atoms. The average Bonchev–Trinajstić information content (AvgIpc) is 2.17. The van der Waals surface area contributed by atoms with Crippen molar-refractivity contribution in [2.75, 3.05) is 12.8 Å². The third kappa shape index (κ3) is 4.23. The first-order valence-electron chi connectivity index (χ1n) is 4.86. The first-order chi connectivity index (χ1) is 6.64. The van der Waals surface area contributed by atoms with Gasteiger partial charge in [0.05, 0.1) is 12.8 Å². The summed E-state index contributed by atoms with van der Waals surface area (Å²) in [6.45, 7) is 3.80. The third-order valence-electron chi connectivity index (χ3n) is 2.25. The molecule has 0 saturated heterocycles. The maximum atomic E-state index is 11.3.